The Kier molecular flexibility index (Phi) is 4.82. The van der Waals surface area contributed by atoms with E-state index in [0.29, 0.717) is 11.7 Å². The third kappa shape index (κ3) is 3.08. The van der Waals surface area contributed by atoms with Crippen molar-refractivity contribution in [2.24, 2.45) is 0 Å². The molecule has 1 saturated heterocycles. The lowest BCUT2D eigenvalue weighted by atomic mass is 10.00. The van der Waals surface area contributed by atoms with E-state index in [-0.39, 0.29) is 0 Å². The van der Waals surface area contributed by atoms with Crippen LogP contribution in [-0.4, -0.2) is 29.1 Å². The summed E-state index contributed by atoms with van der Waals surface area (Å²) in [5.74, 6) is 1.67. The highest BCUT2D eigenvalue weighted by molar-refractivity contribution is 5.75. The standard InChI is InChI=1S/C14H25N5/c1-3-8-16-13-12(15)14(18-10-17-13)19-9-6-5-7-11(19)4-2/h10-11H,3-9,15H2,1-2H3,(H,16,17,18). The molecule has 5 heteroatoms. The van der Waals surface area contributed by atoms with Gasteiger partial charge in [-0.2, -0.15) is 0 Å². The third-order valence-corrected chi connectivity index (χ3v) is 3.78. The average molecular weight is 263 g/mol. The summed E-state index contributed by atoms with van der Waals surface area (Å²) in [4.78, 5) is 11.0. The van der Waals surface area contributed by atoms with Gasteiger partial charge in [0.15, 0.2) is 11.6 Å². The molecule has 1 aliphatic rings. The van der Waals surface area contributed by atoms with Crippen molar-refractivity contribution >= 4 is 17.3 Å². The van der Waals surface area contributed by atoms with Crippen LogP contribution in [0.25, 0.3) is 0 Å². The van der Waals surface area contributed by atoms with Crippen molar-refractivity contribution in [1.29, 1.82) is 0 Å². The van der Waals surface area contributed by atoms with Crippen LogP contribution in [0.2, 0.25) is 0 Å². The molecule has 1 aliphatic heterocycles. The summed E-state index contributed by atoms with van der Waals surface area (Å²) >= 11 is 0. The summed E-state index contributed by atoms with van der Waals surface area (Å²) in [6.07, 6.45) is 7.57. The van der Waals surface area contributed by atoms with Gasteiger partial charge in [-0.15, -0.1) is 0 Å². The van der Waals surface area contributed by atoms with E-state index < -0.39 is 0 Å². The number of anilines is 3. The Balaban J connectivity index is 2.22. The topological polar surface area (TPSA) is 67.1 Å². The number of aromatic nitrogens is 2. The van der Waals surface area contributed by atoms with E-state index in [1.807, 2.05) is 0 Å². The monoisotopic (exact) mass is 263 g/mol. The van der Waals surface area contributed by atoms with E-state index in [2.05, 4.69) is 34.0 Å². The quantitative estimate of drug-likeness (QED) is 0.855. The molecule has 1 aromatic heterocycles. The van der Waals surface area contributed by atoms with Crippen molar-refractivity contribution in [3.8, 4) is 0 Å². The molecule has 2 heterocycles. The number of nitrogens with zero attached hydrogens (tertiary/aromatic N) is 3. The minimum absolute atomic E-state index is 0.560. The summed E-state index contributed by atoms with van der Waals surface area (Å²) in [7, 11) is 0. The summed E-state index contributed by atoms with van der Waals surface area (Å²) < 4.78 is 0. The van der Waals surface area contributed by atoms with Crippen LogP contribution in [0.1, 0.15) is 46.0 Å². The van der Waals surface area contributed by atoms with Crippen LogP contribution in [0.5, 0.6) is 0 Å². The van der Waals surface area contributed by atoms with Crippen molar-refractivity contribution in [3.63, 3.8) is 0 Å². The first kappa shape index (κ1) is 13.9. The fourth-order valence-corrected chi connectivity index (χ4v) is 2.70. The van der Waals surface area contributed by atoms with Crippen molar-refractivity contribution in [3.05, 3.63) is 6.33 Å². The van der Waals surface area contributed by atoms with Crippen LogP contribution in [0, 0.1) is 0 Å². The Morgan fingerprint density at radius 1 is 1.37 bits per heavy atom. The molecule has 19 heavy (non-hydrogen) atoms. The molecule has 1 fully saturated rings. The molecule has 0 spiro atoms. The Morgan fingerprint density at radius 2 is 2.21 bits per heavy atom. The van der Waals surface area contributed by atoms with Gasteiger partial charge in [-0.05, 0) is 32.1 Å². The molecule has 5 nitrogen and oxygen atoms in total. The number of nitrogens with two attached hydrogens (primary N) is 1. The molecular formula is C14H25N5. The fourth-order valence-electron chi connectivity index (χ4n) is 2.70. The van der Waals surface area contributed by atoms with Crippen LogP contribution in [0.4, 0.5) is 17.3 Å². The van der Waals surface area contributed by atoms with Gasteiger partial charge in [-0.1, -0.05) is 13.8 Å². The van der Waals surface area contributed by atoms with E-state index in [9.17, 15) is 0 Å². The minimum Gasteiger partial charge on any atom is -0.393 e. The first-order valence-electron chi connectivity index (χ1n) is 7.38. The predicted octanol–water partition coefficient (Wildman–Crippen LogP) is 2.65. The lowest BCUT2D eigenvalue weighted by Crippen LogP contribution is -2.40. The molecule has 0 amide bonds. The van der Waals surface area contributed by atoms with E-state index in [4.69, 9.17) is 5.73 Å². The number of hydrogen-bond acceptors (Lipinski definition) is 5. The summed E-state index contributed by atoms with van der Waals surface area (Å²) in [6.45, 7) is 6.30. The summed E-state index contributed by atoms with van der Waals surface area (Å²) in [6, 6.07) is 0.560. The van der Waals surface area contributed by atoms with Gasteiger partial charge in [0.25, 0.3) is 0 Å². The fraction of sp³-hybridized carbons (Fsp3) is 0.714. The molecule has 106 valence electrons. The Bertz CT molecular complexity index is 407. The van der Waals surface area contributed by atoms with Gasteiger partial charge < -0.3 is 16.0 Å². The molecule has 1 aromatic rings. The normalized spacial score (nSPS) is 19.5. The first-order valence-corrected chi connectivity index (χ1v) is 7.38. The zero-order valence-electron chi connectivity index (χ0n) is 12.0. The molecule has 0 radical (unpaired) electrons. The maximum Gasteiger partial charge on any atom is 0.157 e. The molecular weight excluding hydrogens is 238 g/mol. The molecule has 2 rings (SSSR count). The second-order valence-corrected chi connectivity index (χ2v) is 5.14. The molecule has 1 unspecified atom stereocenters. The number of nitrogens with one attached hydrogen (secondary N) is 1. The second-order valence-electron chi connectivity index (χ2n) is 5.14. The van der Waals surface area contributed by atoms with E-state index in [1.54, 1.807) is 6.33 Å². The lowest BCUT2D eigenvalue weighted by molar-refractivity contribution is 0.447. The highest BCUT2D eigenvalue weighted by atomic mass is 15.2. The molecule has 0 bridgehead atoms. The van der Waals surface area contributed by atoms with E-state index in [1.165, 1.54) is 19.3 Å². The molecule has 1 atom stereocenters. The minimum atomic E-state index is 0.560. The first-order chi connectivity index (χ1) is 9.27. The number of rotatable bonds is 5. The van der Waals surface area contributed by atoms with Crippen LogP contribution in [0.15, 0.2) is 6.33 Å². The van der Waals surface area contributed by atoms with Crippen molar-refractivity contribution in [2.45, 2.75) is 52.0 Å². The molecule has 0 aliphatic carbocycles. The highest BCUT2D eigenvalue weighted by Gasteiger charge is 2.24. The lowest BCUT2D eigenvalue weighted by Gasteiger charge is -2.36. The predicted molar refractivity (Wildman–Crippen MR) is 80.5 cm³/mol. The van der Waals surface area contributed by atoms with Crippen LogP contribution in [-0.2, 0) is 0 Å². The molecule has 3 N–H and O–H groups in total. The van der Waals surface area contributed by atoms with Crippen molar-refractivity contribution in [2.75, 3.05) is 29.0 Å². The Labute approximate surface area is 115 Å². The van der Waals surface area contributed by atoms with E-state index in [0.717, 1.165) is 37.6 Å². The van der Waals surface area contributed by atoms with Gasteiger partial charge in [-0.25, -0.2) is 9.97 Å². The largest absolute Gasteiger partial charge is 0.393 e. The van der Waals surface area contributed by atoms with Gasteiger partial charge >= 0.3 is 0 Å². The second kappa shape index (κ2) is 6.59. The average Bonchev–Trinajstić information content (AvgIpc) is 2.46. The number of hydrogen-bond donors (Lipinski definition) is 2. The van der Waals surface area contributed by atoms with Gasteiger partial charge in [0.05, 0.1) is 0 Å². The van der Waals surface area contributed by atoms with Gasteiger partial charge in [0, 0.05) is 19.1 Å². The highest BCUT2D eigenvalue weighted by Crippen LogP contribution is 2.31. The van der Waals surface area contributed by atoms with Gasteiger partial charge in [0.1, 0.15) is 12.0 Å². The van der Waals surface area contributed by atoms with Crippen molar-refractivity contribution in [1.82, 2.24) is 9.97 Å². The Morgan fingerprint density at radius 3 is 2.95 bits per heavy atom. The zero-order chi connectivity index (χ0) is 13.7. The molecule has 0 aromatic carbocycles. The van der Waals surface area contributed by atoms with Crippen molar-refractivity contribution < 1.29 is 0 Å². The summed E-state index contributed by atoms with van der Waals surface area (Å²) in [5, 5.41) is 3.27. The van der Waals surface area contributed by atoms with Gasteiger partial charge in [-0.3, -0.25) is 0 Å². The summed E-state index contributed by atoms with van der Waals surface area (Å²) in [5.41, 5.74) is 6.93. The third-order valence-electron chi connectivity index (χ3n) is 3.78. The maximum atomic E-state index is 6.24. The number of piperidine rings is 1. The van der Waals surface area contributed by atoms with Gasteiger partial charge in [0.2, 0.25) is 0 Å². The maximum absolute atomic E-state index is 6.24. The van der Waals surface area contributed by atoms with Crippen LogP contribution >= 0.6 is 0 Å². The smallest absolute Gasteiger partial charge is 0.157 e. The number of nitrogen functional groups attached to an aromatic ring is 1. The van der Waals surface area contributed by atoms with Crippen LogP contribution < -0.4 is 16.0 Å². The van der Waals surface area contributed by atoms with E-state index >= 15 is 0 Å². The zero-order valence-corrected chi connectivity index (χ0v) is 12.0. The SMILES string of the molecule is CCCNc1ncnc(N2CCCCC2CC)c1N. The molecule has 0 saturated carbocycles. The van der Waals surface area contributed by atoms with Crippen LogP contribution in [0.3, 0.4) is 0 Å². The Hall–Kier alpha value is -1.52.